The molecule has 1 heterocycles. The van der Waals surface area contributed by atoms with Crippen LogP contribution in [-0.2, 0) is 14.4 Å². The number of phenols is 1. The first-order chi connectivity index (χ1) is 10.9. The van der Waals surface area contributed by atoms with Gasteiger partial charge in [0.05, 0.1) is 6.42 Å². The van der Waals surface area contributed by atoms with Crippen LogP contribution in [0.5, 0.6) is 5.75 Å². The van der Waals surface area contributed by atoms with Crippen molar-refractivity contribution in [1.82, 2.24) is 4.90 Å². The summed E-state index contributed by atoms with van der Waals surface area (Å²) < 4.78 is 0. The number of carboxylic acids is 2. The number of hydrogen-bond donors (Lipinski definition) is 3. The Kier molecular flexibility index (Phi) is 5.28. The molecular formula is C15H15NO6S. The summed E-state index contributed by atoms with van der Waals surface area (Å²) in [6, 6.07) is 5.37. The van der Waals surface area contributed by atoms with Gasteiger partial charge >= 0.3 is 11.9 Å². The first-order valence-corrected chi connectivity index (χ1v) is 7.79. The third-order valence-corrected chi connectivity index (χ3v) is 4.60. The fraction of sp³-hybridized carbons (Fsp3) is 0.267. The monoisotopic (exact) mass is 337 g/mol. The number of carbonyl (C=O) groups excluding carboxylic acids is 1. The lowest BCUT2D eigenvalue weighted by molar-refractivity contribution is -0.147. The lowest BCUT2D eigenvalue weighted by atomic mass is 10.1. The van der Waals surface area contributed by atoms with Gasteiger partial charge in [-0.2, -0.15) is 0 Å². The molecule has 0 aromatic heterocycles. The van der Waals surface area contributed by atoms with Crippen LogP contribution in [0, 0.1) is 0 Å². The molecular weight excluding hydrogens is 322 g/mol. The Bertz CT molecular complexity index is 659. The SMILES string of the molecule is O=C(O)C/C=C/C(=O)N1C(c2ccccc2O)SC[C@H]1C(=O)O. The Labute approximate surface area is 136 Å². The van der Waals surface area contributed by atoms with Crippen molar-refractivity contribution in [3.05, 3.63) is 42.0 Å². The van der Waals surface area contributed by atoms with Gasteiger partial charge in [-0.15, -0.1) is 11.8 Å². The first-order valence-electron chi connectivity index (χ1n) is 6.74. The summed E-state index contributed by atoms with van der Waals surface area (Å²) in [5.41, 5.74) is 0.446. The van der Waals surface area contributed by atoms with Crippen molar-refractivity contribution in [1.29, 1.82) is 0 Å². The number of phenolic OH excluding ortho intramolecular Hbond substituents is 1. The maximum atomic E-state index is 12.3. The number of nitrogens with zero attached hydrogens (tertiary/aromatic N) is 1. The Balaban J connectivity index is 2.30. The van der Waals surface area contributed by atoms with Gasteiger partial charge in [0.25, 0.3) is 0 Å². The Morgan fingerprint density at radius 2 is 1.96 bits per heavy atom. The standard InChI is InChI=1S/C15H15NO6S/c17-11-5-2-1-4-9(11)14-16(10(8-23-14)15(21)22)12(18)6-3-7-13(19)20/h1-6,10,14,17H,7-8H2,(H,19,20)(H,21,22)/b6-3+/t10-,14?/m0/s1. The molecule has 23 heavy (non-hydrogen) atoms. The van der Waals surface area contributed by atoms with Crippen LogP contribution in [0.3, 0.4) is 0 Å². The van der Waals surface area contributed by atoms with E-state index in [-0.39, 0.29) is 17.9 Å². The number of carbonyl (C=O) groups is 3. The molecule has 0 saturated carbocycles. The van der Waals surface area contributed by atoms with Crippen molar-refractivity contribution in [3.8, 4) is 5.75 Å². The highest BCUT2D eigenvalue weighted by atomic mass is 32.2. The molecule has 1 fully saturated rings. The Morgan fingerprint density at radius 1 is 1.26 bits per heavy atom. The second kappa shape index (κ2) is 7.19. The van der Waals surface area contributed by atoms with Gasteiger partial charge in [0.2, 0.25) is 5.91 Å². The molecule has 1 aromatic carbocycles. The molecule has 1 aromatic rings. The molecule has 1 aliphatic heterocycles. The molecule has 1 saturated heterocycles. The molecule has 0 aliphatic carbocycles. The summed E-state index contributed by atoms with van der Waals surface area (Å²) in [6.45, 7) is 0. The predicted molar refractivity (Wildman–Crippen MR) is 83.0 cm³/mol. The number of aromatic hydroxyl groups is 1. The van der Waals surface area contributed by atoms with Gasteiger partial charge in [0.15, 0.2) is 0 Å². The minimum absolute atomic E-state index is 0.0247. The van der Waals surface area contributed by atoms with E-state index in [1.54, 1.807) is 18.2 Å². The smallest absolute Gasteiger partial charge is 0.327 e. The van der Waals surface area contributed by atoms with Crippen LogP contribution in [0.25, 0.3) is 0 Å². The summed E-state index contributed by atoms with van der Waals surface area (Å²) in [5, 5.41) is 27.2. The van der Waals surface area contributed by atoms with Gasteiger partial charge in [-0.1, -0.05) is 24.3 Å². The van der Waals surface area contributed by atoms with Crippen molar-refractivity contribution < 1.29 is 29.7 Å². The van der Waals surface area contributed by atoms with Crippen molar-refractivity contribution >= 4 is 29.6 Å². The summed E-state index contributed by atoms with van der Waals surface area (Å²) in [6.07, 6.45) is 1.91. The van der Waals surface area contributed by atoms with E-state index in [1.165, 1.54) is 23.9 Å². The van der Waals surface area contributed by atoms with Crippen LogP contribution < -0.4 is 0 Å². The van der Waals surface area contributed by atoms with Crippen molar-refractivity contribution in [2.45, 2.75) is 17.8 Å². The van der Waals surface area contributed by atoms with E-state index in [0.29, 0.717) is 5.56 Å². The Hall–Kier alpha value is -2.48. The van der Waals surface area contributed by atoms with Crippen LogP contribution in [0.2, 0.25) is 0 Å². The van der Waals surface area contributed by atoms with Gasteiger partial charge in [-0.05, 0) is 12.1 Å². The summed E-state index contributed by atoms with van der Waals surface area (Å²) >= 11 is 1.24. The second-order valence-electron chi connectivity index (χ2n) is 4.84. The number of carboxylic acid groups (broad SMARTS) is 2. The number of amides is 1. The molecule has 0 spiro atoms. The molecule has 1 aliphatic rings. The molecule has 7 nitrogen and oxygen atoms in total. The lowest BCUT2D eigenvalue weighted by Gasteiger charge is -2.26. The first kappa shape index (κ1) is 16.9. The van der Waals surface area contributed by atoms with Gasteiger partial charge < -0.3 is 20.2 Å². The summed E-state index contributed by atoms with van der Waals surface area (Å²) in [7, 11) is 0. The van der Waals surface area contributed by atoms with Crippen molar-refractivity contribution in [2.24, 2.45) is 0 Å². The third-order valence-electron chi connectivity index (χ3n) is 3.30. The molecule has 8 heteroatoms. The third kappa shape index (κ3) is 3.84. The van der Waals surface area contributed by atoms with Gasteiger partial charge in [-0.3, -0.25) is 9.59 Å². The number of para-hydroxylation sites is 1. The van der Waals surface area contributed by atoms with Gasteiger partial charge in [-0.25, -0.2) is 4.79 Å². The number of aliphatic carboxylic acids is 2. The minimum atomic E-state index is -1.14. The quantitative estimate of drug-likeness (QED) is 0.697. The topological polar surface area (TPSA) is 115 Å². The van der Waals surface area contributed by atoms with Crippen LogP contribution >= 0.6 is 11.8 Å². The molecule has 0 radical (unpaired) electrons. The minimum Gasteiger partial charge on any atom is -0.508 e. The highest BCUT2D eigenvalue weighted by Gasteiger charge is 2.42. The number of thioether (sulfide) groups is 1. The van der Waals surface area contributed by atoms with E-state index in [2.05, 4.69) is 0 Å². The predicted octanol–water partition coefficient (Wildman–Crippen LogP) is 1.45. The number of rotatable bonds is 5. The van der Waals surface area contributed by atoms with E-state index in [0.717, 1.165) is 11.0 Å². The van der Waals surface area contributed by atoms with Crippen LogP contribution in [0.4, 0.5) is 0 Å². The van der Waals surface area contributed by atoms with E-state index in [1.807, 2.05) is 0 Å². The average Bonchev–Trinajstić information content (AvgIpc) is 2.92. The van der Waals surface area contributed by atoms with Crippen LogP contribution in [0.15, 0.2) is 36.4 Å². The fourth-order valence-electron chi connectivity index (χ4n) is 2.25. The zero-order valence-corrected chi connectivity index (χ0v) is 12.8. The number of hydrogen-bond acceptors (Lipinski definition) is 5. The lowest BCUT2D eigenvalue weighted by Crippen LogP contribution is -2.42. The molecule has 3 N–H and O–H groups in total. The molecule has 122 valence electrons. The van der Waals surface area contributed by atoms with Crippen LogP contribution in [0.1, 0.15) is 17.4 Å². The molecule has 1 amide bonds. The zero-order valence-electron chi connectivity index (χ0n) is 12.0. The normalized spacial score (nSPS) is 20.8. The highest BCUT2D eigenvalue weighted by molar-refractivity contribution is 7.99. The van der Waals surface area contributed by atoms with Crippen LogP contribution in [-0.4, -0.2) is 49.9 Å². The van der Waals surface area contributed by atoms with Gasteiger partial charge in [0, 0.05) is 11.3 Å². The van der Waals surface area contributed by atoms with Gasteiger partial charge in [0.1, 0.15) is 17.2 Å². The maximum Gasteiger partial charge on any atom is 0.327 e. The summed E-state index contributed by atoms with van der Waals surface area (Å²) in [5.74, 6) is -2.67. The number of benzene rings is 1. The van der Waals surface area contributed by atoms with E-state index >= 15 is 0 Å². The zero-order chi connectivity index (χ0) is 17.0. The van der Waals surface area contributed by atoms with E-state index in [4.69, 9.17) is 5.11 Å². The maximum absolute atomic E-state index is 12.3. The Morgan fingerprint density at radius 3 is 2.57 bits per heavy atom. The summed E-state index contributed by atoms with van der Waals surface area (Å²) in [4.78, 5) is 35.3. The molecule has 2 atom stereocenters. The van der Waals surface area contributed by atoms with Crippen molar-refractivity contribution in [3.63, 3.8) is 0 Å². The average molecular weight is 337 g/mol. The molecule has 1 unspecified atom stereocenters. The van der Waals surface area contributed by atoms with E-state index < -0.39 is 29.3 Å². The second-order valence-corrected chi connectivity index (χ2v) is 5.96. The fourth-order valence-corrected chi connectivity index (χ4v) is 3.71. The highest BCUT2D eigenvalue weighted by Crippen LogP contribution is 2.44. The molecule has 2 rings (SSSR count). The van der Waals surface area contributed by atoms with Crippen molar-refractivity contribution in [2.75, 3.05) is 5.75 Å². The molecule has 0 bridgehead atoms. The largest absolute Gasteiger partial charge is 0.508 e. The van der Waals surface area contributed by atoms with E-state index in [9.17, 15) is 24.6 Å².